The number of nitriles is 1. The van der Waals surface area contributed by atoms with Crippen LogP contribution < -0.4 is 10.5 Å². The van der Waals surface area contributed by atoms with Crippen LogP contribution in [0.4, 0.5) is 4.39 Å². The SMILES string of the molecule is Cc1cccc(CN)c1OCc1cc(F)cc(C#N)c1. The van der Waals surface area contributed by atoms with Gasteiger partial charge >= 0.3 is 0 Å². The summed E-state index contributed by atoms with van der Waals surface area (Å²) in [5.74, 6) is 0.282. The molecule has 4 heteroatoms. The lowest BCUT2D eigenvalue weighted by molar-refractivity contribution is 0.300. The summed E-state index contributed by atoms with van der Waals surface area (Å²) in [5, 5.41) is 8.82. The van der Waals surface area contributed by atoms with Crippen molar-refractivity contribution in [2.24, 2.45) is 5.73 Å². The molecular weight excluding hydrogens is 255 g/mol. The molecule has 102 valence electrons. The van der Waals surface area contributed by atoms with Crippen molar-refractivity contribution >= 4 is 0 Å². The highest BCUT2D eigenvalue weighted by molar-refractivity contribution is 5.41. The van der Waals surface area contributed by atoms with Gasteiger partial charge in [-0.25, -0.2) is 4.39 Å². The minimum Gasteiger partial charge on any atom is -0.488 e. The zero-order chi connectivity index (χ0) is 14.5. The zero-order valence-electron chi connectivity index (χ0n) is 11.2. The second-order valence-corrected chi connectivity index (χ2v) is 4.52. The number of nitrogens with zero attached hydrogens (tertiary/aromatic N) is 1. The van der Waals surface area contributed by atoms with Gasteiger partial charge in [0.25, 0.3) is 0 Å². The highest BCUT2D eigenvalue weighted by Crippen LogP contribution is 2.24. The van der Waals surface area contributed by atoms with Crippen molar-refractivity contribution in [3.8, 4) is 11.8 Å². The predicted octanol–water partition coefficient (Wildman–Crippen LogP) is 3.04. The smallest absolute Gasteiger partial charge is 0.127 e. The molecule has 0 bridgehead atoms. The van der Waals surface area contributed by atoms with Crippen LogP contribution in [-0.4, -0.2) is 0 Å². The van der Waals surface area contributed by atoms with Crippen LogP contribution in [0.2, 0.25) is 0 Å². The third-order valence-corrected chi connectivity index (χ3v) is 2.98. The molecule has 0 heterocycles. The lowest BCUT2D eigenvalue weighted by atomic mass is 10.1. The topological polar surface area (TPSA) is 59.0 Å². The molecule has 0 aliphatic carbocycles. The Morgan fingerprint density at radius 1 is 1.30 bits per heavy atom. The van der Waals surface area contributed by atoms with E-state index >= 15 is 0 Å². The monoisotopic (exact) mass is 270 g/mol. The second-order valence-electron chi connectivity index (χ2n) is 4.52. The molecule has 2 N–H and O–H groups in total. The number of halogens is 1. The van der Waals surface area contributed by atoms with Crippen molar-refractivity contribution in [3.05, 3.63) is 64.5 Å². The third-order valence-electron chi connectivity index (χ3n) is 2.98. The quantitative estimate of drug-likeness (QED) is 0.929. The van der Waals surface area contributed by atoms with Crippen LogP contribution in [0, 0.1) is 24.1 Å². The van der Waals surface area contributed by atoms with Crippen LogP contribution in [0.3, 0.4) is 0 Å². The van der Waals surface area contributed by atoms with Crippen molar-refractivity contribution in [1.82, 2.24) is 0 Å². The van der Waals surface area contributed by atoms with Crippen molar-refractivity contribution in [2.75, 3.05) is 0 Å². The highest BCUT2D eigenvalue weighted by Gasteiger charge is 2.07. The number of benzene rings is 2. The van der Waals surface area contributed by atoms with E-state index in [0.717, 1.165) is 16.9 Å². The van der Waals surface area contributed by atoms with E-state index in [9.17, 15) is 4.39 Å². The van der Waals surface area contributed by atoms with Gasteiger partial charge in [-0.1, -0.05) is 18.2 Å². The van der Waals surface area contributed by atoms with E-state index < -0.39 is 5.82 Å². The molecule has 0 saturated heterocycles. The number of hydrogen-bond acceptors (Lipinski definition) is 3. The van der Waals surface area contributed by atoms with E-state index in [1.54, 1.807) is 6.07 Å². The summed E-state index contributed by atoms with van der Waals surface area (Å²) in [5.41, 5.74) is 8.46. The molecule has 3 nitrogen and oxygen atoms in total. The minimum absolute atomic E-state index is 0.199. The maximum Gasteiger partial charge on any atom is 0.127 e. The molecule has 0 amide bonds. The average Bonchev–Trinajstić information content (AvgIpc) is 2.45. The number of hydrogen-bond donors (Lipinski definition) is 1. The Bertz CT molecular complexity index is 662. The molecular formula is C16H15FN2O. The molecule has 2 aromatic carbocycles. The molecule has 0 aliphatic heterocycles. The first-order valence-corrected chi connectivity index (χ1v) is 6.25. The molecule has 20 heavy (non-hydrogen) atoms. The van der Waals surface area contributed by atoms with Gasteiger partial charge in [0.1, 0.15) is 18.2 Å². The van der Waals surface area contributed by atoms with Gasteiger partial charge in [0.05, 0.1) is 11.6 Å². The van der Waals surface area contributed by atoms with Gasteiger partial charge < -0.3 is 10.5 Å². The summed E-state index contributed by atoms with van der Waals surface area (Å²) in [7, 11) is 0. The number of ether oxygens (including phenoxy) is 1. The zero-order valence-corrected chi connectivity index (χ0v) is 11.2. The van der Waals surface area contributed by atoms with E-state index in [2.05, 4.69) is 0 Å². The number of rotatable bonds is 4. The van der Waals surface area contributed by atoms with Crippen molar-refractivity contribution in [3.63, 3.8) is 0 Å². The van der Waals surface area contributed by atoms with Gasteiger partial charge in [-0.3, -0.25) is 0 Å². The van der Waals surface area contributed by atoms with Gasteiger partial charge in [-0.05, 0) is 36.2 Å². The highest BCUT2D eigenvalue weighted by atomic mass is 19.1. The summed E-state index contributed by atoms with van der Waals surface area (Å²) < 4.78 is 19.1. The van der Waals surface area contributed by atoms with Gasteiger partial charge in [0.15, 0.2) is 0 Å². The molecule has 0 fully saturated rings. The maximum absolute atomic E-state index is 13.3. The first kappa shape index (κ1) is 14.0. The van der Waals surface area contributed by atoms with Gasteiger partial charge in [-0.2, -0.15) is 5.26 Å². The Labute approximate surface area is 117 Å². The molecule has 0 radical (unpaired) electrons. The number of nitrogens with two attached hydrogens (primary N) is 1. The van der Waals surface area contributed by atoms with Gasteiger partial charge in [-0.15, -0.1) is 0 Å². The van der Waals surface area contributed by atoms with Crippen molar-refractivity contribution in [1.29, 1.82) is 5.26 Å². The average molecular weight is 270 g/mol. The largest absolute Gasteiger partial charge is 0.488 e. The van der Waals surface area contributed by atoms with Crippen LogP contribution in [0.5, 0.6) is 5.75 Å². The summed E-state index contributed by atoms with van der Waals surface area (Å²) in [6.45, 7) is 2.51. The summed E-state index contributed by atoms with van der Waals surface area (Å²) in [4.78, 5) is 0. The third kappa shape index (κ3) is 3.14. The fourth-order valence-corrected chi connectivity index (χ4v) is 2.03. The van der Waals surface area contributed by atoms with Gasteiger partial charge in [0.2, 0.25) is 0 Å². The number of para-hydroxylation sites is 1. The van der Waals surface area contributed by atoms with Crippen molar-refractivity contribution in [2.45, 2.75) is 20.1 Å². The molecule has 0 atom stereocenters. The molecule has 0 aliphatic rings. The second kappa shape index (κ2) is 6.18. The first-order valence-electron chi connectivity index (χ1n) is 6.25. The summed E-state index contributed by atoms with van der Waals surface area (Å²) in [6, 6.07) is 11.8. The molecule has 0 unspecified atom stereocenters. The Morgan fingerprint density at radius 3 is 2.80 bits per heavy atom. The minimum atomic E-state index is -0.438. The number of aryl methyl sites for hydroxylation is 1. The summed E-state index contributed by atoms with van der Waals surface area (Å²) in [6.07, 6.45) is 0. The van der Waals surface area contributed by atoms with Crippen LogP contribution in [0.25, 0.3) is 0 Å². The maximum atomic E-state index is 13.3. The van der Waals surface area contributed by atoms with Crippen LogP contribution >= 0.6 is 0 Å². The Balaban J connectivity index is 2.21. The molecule has 0 spiro atoms. The van der Waals surface area contributed by atoms with Crippen LogP contribution in [0.15, 0.2) is 36.4 Å². The lowest BCUT2D eigenvalue weighted by Gasteiger charge is -2.13. The molecule has 0 saturated carbocycles. The van der Waals surface area contributed by atoms with Gasteiger partial charge in [0, 0.05) is 12.1 Å². The Hall–Kier alpha value is -2.38. The van der Waals surface area contributed by atoms with E-state index in [1.807, 2.05) is 31.2 Å². The van der Waals surface area contributed by atoms with Crippen molar-refractivity contribution < 1.29 is 9.13 Å². The normalized spacial score (nSPS) is 10.1. The van der Waals surface area contributed by atoms with E-state index in [4.69, 9.17) is 15.7 Å². The fraction of sp³-hybridized carbons (Fsp3) is 0.188. The Kier molecular flexibility index (Phi) is 4.34. The molecule has 2 aromatic rings. The van der Waals surface area contributed by atoms with E-state index in [1.165, 1.54) is 12.1 Å². The molecule has 0 aromatic heterocycles. The predicted molar refractivity (Wildman–Crippen MR) is 74.5 cm³/mol. The van der Waals surface area contributed by atoms with Crippen LogP contribution in [0.1, 0.15) is 22.3 Å². The Morgan fingerprint density at radius 2 is 2.10 bits per heavy atom. The molecule has 2 rings (SSSR count). The fourth-order valence-electron chi connectivity index (χ4n) is 2.03. The lowest BCUT2D eigenvalue weighted by Crippen LogP contribution is -2.04. The van der Waals surface area contributed by atoms with E-state index in [0.29, 0.717) is 12.1 Å². The van der Waals surface area contributed by atoms with Crippen LogP contribution in [-0.2, 0) is 13.2 Å². The van der Waals surface area contributed by atoms with E-state index in [-0.39, 0.29) is 12.2 Å². The summed E-state index contributed by atoms with van der Waals surface area (Å²) >= 11 is 0. The standard InChI is InChI=1S/C16H15FN2O/c1-11-3-2-4-14(9-19)16(11)20-10-13-5-12(8-18)6-15(17)7-13/h2-7H,9-10,19H2,1H3. The first-order chi connectivity index (χ1) is 9.63.